The first-order chi connectivity index (χ1) is 15.4. The van der Waals surface area contributed by atoms with Crippen LogP contribution in [-0.4, -0.2) is 49.8 Å². The Hall–Kier alpha value is -3.97. The third-order valence-electron chi connectivity index (χ3n) is 4.63. The summed E-state index contributed by atoms with van der Waals surface area (Å²) >= 11 is 0. The van der Waals surface area contributed by atoms with Crippen LogP contribution >= 0.6 is 0 Å². The fourth-order valence-corrected chi connectivity index (χ4v) is 2.97. The molecule has 0 bridgehead atoms. The lowest BCUT2D eigenvalue weighted by molar-refractivity contribution is 0.0951. The fraction of sp³-hybridized carbons (Fsp3) is 0.160. The number of likely N-dealkylation sites (N-methyl/N-ethyl adjacent to an activating group) is 1. The number of nitrogens with zero attached hydrogens (tertiary/aromatic N) is 1. The van der Waals surface area contributed by atoms with Crippen LogP contribution < -0.4 is 16.0 Å². The van der Waals surface area contributed by atoms with E-state index in [1.54, 1.807) is 24.3 Å². The van der Waals surface area contributed by atoms with Crippen molar-refractivity contribution in [2.45, 2.75) is 0 Å². The summed E-state index contributed by atoms with van der Waals surface area (Å²) in [5.74, 6) is -1.17. The van der Waals surface area contributed by atoms with E-state index in [1.807, 2.05) is 55.4 Å². The summed E-state index contributed by atoms with van der Waals surface area (Å²) in [5.41, 5.74) is 1.91. The predicted molar refractivity (Wildman–Crippen MR) is 126 cm³/mol. The number of hydrogen-bond acceptors (Lipinski definition) is 4. The highest BCUT2D eigenvalue weighted by atomic mass is 16.2. The molecule has 0 saturated carbocycles. The van der Waals surface area contributed by atoms with Crippen LogP contribution in [0.15, 0.2) is 78.9 Å². The quantitative estimate of drug-likeness (QED) is 0.510. The van der Waals surface area contributed by atoms with E-state index >= 15 is 0 Å². The Morgan fingerprint density at radius 2 is 1.06 bits per heavy atom. The second-order valence-corrected chi connectivity index (χ2v) is 7.50. The molecule has 0 aliphatic rings. The molecule has 3 rings (SSSR count). The zero-order valence-electron chi connectivity index (χ0n) is 18.1. The number of hydrogen-bond donors (Lipinski definition) is 3. The van der Waals surface area contributed by atoms with E-state index < -0.39 is 11.8 Å². The minimum absolute atomic E-state index is 0.215. The summed E-state index contributed by atoms with van der Waals surface area (Å²) in [6.07, 6.45) is 0. The molecule has 0 aliphatic carbocycles. The Bertz CT molecular complexity index is 1010. The minimum Gasteiger partial charge on any atom is -0.351 e. The molecule has 7 nitrogen and oxygen atoms in total. The smallest absolute Gasteiger partial charge is 0.255 e. The first-order valence-electron chi connectivity index (χ1n) is 10.2. The molecular formula is C25H26N4O3. The lowest BCUT2D eigenvalue weighted by Crippen LogP contribution is -2.31. The molecule has 0 spiro atoms. The SMILES string of the molecule is CN(C)CCNC(=O)c1cc(C(=O)Nc2ccccc2)cc(C(=O)Nc2ccccc2)c1. The fourth-order valence-electron chi connectivity index (χ4n) is 2.97. The number of carbonyl (C=O) groups excluding carboxylic acids is 3. The number of benzene rings is 3. The van der Waals surface area contributed by atoms with Gasteiger partial charge >= 0.3 is 0 Å². The highest BCUT2D eigenvalue weighted by Gasteiger charge is 2.17. The van der Waals surface area contributed by atoms with E-state index in [0.29, 0.717) is 24.5 Å². The van der Waals surface area contributed by atoms with Crippen LogP contribution in [0.1, 0.15) is 31.1 Å². The van der Waals surface area contributed by atoms with Crippen LogP contribution in [0.2, 0.25) is 0 Å². The molecule has 0 aliphatic heterocycles. The largest absolute Gasteiger partial charge is 0.351 e. The van der Waals surface area contributed by atoms with Crippen molar-refractivity contribution in [1.29, 1.82) is 0 Å². The first-order valence-corrected chi connectivity index (χ1v) is 10.2. The average Bonchev–Trinajstić information content (AvgIpc) is 2.79. The molecule has 0 aromatic heterocycles. The molecule has 3 aromatic carbocycles. The summed E-state index contributed by atoms with van der Waals surface area (Å²) in [4.78, 5) is 40.3. The van der Waals surface area contributed by atoms with Crippen LogP contribution in [0.5, 0.6) is 0 Å². The topological polar surface area (TPSA) is 90.5 Å². The first kappa shape index (κ1) is 22.7. The maximum Gasteiger partial charge on any atom is 0.255 e. The molecule has 0 radical (unpaired) electrons. The van der Waals surface area contributed by atoms with Crippen molar-refractivity contribution < 1.29 is 14.4 Å². The van der Waals surface area contributed by atoms with Gasteiger partial charge in [0.25, 0.3) is 17.7 Å². The van der Waals surface area contributed by atoms with Gasteiger partial charge < -0.3 is 20.9 Å². The van der Waals surface area contributed by atoms with Gasteiger partial charge in [-0.1, -0.05) is 36.4 Å². The molecule has 32 heavy (non-hydrogen) atoms. The zero-order valence-corrected chi connectivity index (χ0v) is 18.1. The van der Waals surface area contributed by atoms with E-state index in [1.165, 1.54) is 18.2 Å². The van der Waals surface area contributed by atoms with E-state index in [2.05, 4.69) is 16.0 Å². The Balaban J connectivity index is 1.87. The van der Waals surface area contributed by atoms with Gasteiger partial charge in [-0.05, 0) is 56.6 Å². The van der Waals surface area contributed by atoms with Crippen LogP contribution in [0, 0.1) is 0 Å². The molecule has 3 amide bonds. The van der Waals surface area contributed by atoms with Gasteiger partial charge in [0.15, 0.2) is 0 Å². The van der Waals surface area contributed by atoms with Crippen LogP contribution in [-0.2, 0) is 0 Å². The van der Waals surface area contributed by atoms with Gasteiger partial charge in [-0.3, -0.25) is 14.4 Å². The summed E-state index contributed by atoms with van der Waals surface area (Å²) in [6, 6.07) is 22.4. The lowest BCUT2D eigenvalue weighted by Gasteiger charge is -2.13. The van der Waals surface area contributed by atoms with Crippen molar-refractivity contribution in [2.24, 2.45) is 0 Å². The van der Waals surface area contributed by atoms with Crippen molar-refractivity contribution in [1.82, 2.24) is 10.2 Å². The summed E-state index contributed by atoms with van der Waals surface area (Å²) < 4.78 is 0. The number of carbonyl (C=O) groups is 3. The molecular weight excluding hydrogens is 404 g/mol. The third-order valence-corrected chi connectivity index (χ3v) is 4.63. The van der Waals surface area contributed by atoms with E-state index in [0.717, 1.165) is 0 Å². The number of amides is 3. The third kappa shape index (κ3) is 6.52. The Morgan fingerprint density at radius 1 is 0.656 bits per heavy atom. The van der Waals surface area contributed by atoms with Crippen LogP contribution in [0.4, 0.5) is 11.4 Å². The number of para-hydroxylation sites is 2. The van der Waals surface area contributed by atoms with Crippen molar-refractivity contribution in [3.63, 3.8) is 0 Å². The van der Waals surface area contributed by atoms with Crippen LogP contribution in [0.25, 0.3) is 0 Å². The van der Waals surface area contributed by atoms with E-state index in [9.17, 15) is 14.4 Å². The van der Waals surface area contributed by atoms with Gasteiger partial charge in [0.2, 0.25) is 0 Å². The maximum absolute atomic E-state index is 12.8. The van der Waals surface area contributed by atoms with Gasteiger partial charge in [0.1, 0.15) is 0 Å². The number of anilines is 2. The minimum atomic E-state index is -0.409. The van der Waals surface area contributed by atoms with Crippen LogP contribution in [0.3, 0.4) is 0 Å². The summed E-state index contributed by atoms with van der Waals surface area (Å²) in [6.45, 7) is 1.11. The molecule has 0 unspecified atom stereocenters. The van der Waals surface area contributed by atoms with Crippen molar-refractivity contribution in [3.8, 4) is 0 Å². The molecule has 0 fully saturated rings. The Morgan fingerprint density at radius 3 is 1.47 bits per heavy atom. The monoisotopic (exact) mass is 430 g/mol. The zero-order chi connectivity index (χ0) is 22.9. The normalized spacial score (nSPS) is 10.5. The maximum atomic E-state index is 12.8. The molecule has 0 atom stereocenters. The predicted octanol–water partition coefficient (Wildman–Crippen LogP) is 3.48. The van der Waals surface area contributed by atoms with Gasteiger partial charge in [0.05, 0.1) is 0 Å². The summed E-state index contributed by atoms with van der Waals surface area (Å²) in [5, 5.41) is 8.40. The van der Waals surface area contributed by atoms with Gasteiger partial charge in [0, 0.05) is 41.2 Å². The van der Waals surface area contributed by atoms with Gasteiger partial charge in [-0.25, -0.2) is 0 Å². The van der Waals surface area contributed by atoms with Crippen molar-refractivity contribution >= 4 is 29.1 Å². The Kier molecular flexibility index (Phi) is 7.72. The highest BCUT2D eigenvalue weighted by Crippen LogP contribution is 2.16. The van der Waals surface area contributed by atoms with Gasteiger partial charge in [-0.15, -0.1) is 0 Å². The highest BCUT2D eigenvalue weighted by molar-refractivity contribution is 6.11. The van der Waals surface area contributed by atoms with E-state index in [4.69, 9.17) is 0 Å². The molecule has 0 heterocycles. The standard InChI is InChI=1S/C25H26N4O3/c1-29(2)14-13-26-23(30)18-15-19(24(31)27-21-9-5-3-6-10-21)17-20(16-18)25(32)28-22-11-7-4-8-12-22/h3-12,15-17H,13-14H2,1-2H3,(H,26,30)(H,27,31)(H,28,32). The molecule has 3 N–H and O–H groups in total. The van der Waals surface area contributed by atoms with E-state index in [-0.39, 0.29) is 22.6 Å². The van der Waals surface area contributed by atoms with Gasteiger partial charge in [-0.2, -0.15) is 0 Å². The van der Waals surface area contributed by atoms with Crippen molar-refractivity contribution in [2.75, 3.05) is 37.8 Å². The average molecular weight is 431 g/mol. The molecule has 164 valence electrons. The molecule has 3 aromatic rings. The summed E-state index contributed by atoms with van der Waals surface area (Å²) in [7, 11) is 3.82. The number of rotatable bonds is 8. The molecule has 0 saturated heterocycles. The second-order valence-electron chi connectivity index (χ2n) is 7.50. The second kappa shape index (κ2) is 10.9. The Labute approximate surface area is 187 Å². The lowest BCUT2D eigenvalue weighted by atomic mass is 10.0. The number of nitrogens with one attached hydrogen (secondary N) is 3. The molecule has 7 heteroatoms. The van der Waals surface area contributed by atoms with Crippen molar-refractivity contribution in [3.05, 3.63) is 95.6 Å².